The van der Waals surface area contributed by atoms with Gasteiger partial charge in [-0.2, -0.15) is 0 Å². The van der Waals surface area contributed by atoms with Crippen LogP contribution >= 0.6 is 0 Å². The van der Waals surface area contributed by atoms with Crippen LogP contribution in [0, 0.1) is 5.82 Å². The van der Waals surface area contributed by atoms with Crippen LogP contribution in [-0.4, -0.2) is 45.0 Å². The normalized spacial score (nSPS) is 18.0. The van der Waals surface area contributed by atoms with E-state index < -0.39 is 5.82 Å². The van der Waals surface area contributed by atoms with Crippen molar-refractivity contribution in [2.45, 2.75) is 18.9 Å². The van der Waals surface area contributed by atoms with E-state index in [4.69, 9.17) is 4.74 Å². The first kappa shape index (κ1) is 14.4. The highest BCUT2D eigenvalue weighted by Gasteiger charge is 2.26. The second-order valence-corrected chi connectivity index (χ2v) is 5.05. The van der Waals surface area contributed by atoms with E-state index in [1.54, 1.807) is 29.4 Å². The Hall–Kier alpha value is -2.57. The van der Waals surface area contributed by atoms with Gasteiger partial charge in [-0.25, -0.2) is 14.4 Å². The molecular weight excluding hydrogens is 287 g/mol. The molecule has 6 nitrogen and oxygen atoms in total. The summed E-state index contributed by atoms with van der Waals surface area (Å²) in [4.78, 5) is 25.6. The number of ether oxygens (including phenoxy) is 1. The highest BCUT2D eigenvalue weighted by Crippen LogP contribution is 2.17. The van der Waals surface area contributed by atoms with Gasteiger partial charge in [-0.3, -0.25) is 9.78 Å². The first-order chi connectivity index (χ1) is 10.7. The smallest absolute Gasteiger partial charge is 0.316 e. The quantitative estimate of drug-likeness (QED) is 0.863. The van der Waals surface area contributed by atoms with Gasteiger partial charge < -0.3 is 9.64 Å². The molecule has 0 N–H and O–H groups in total. The summed E-state index contributed by atoms with van der Waals surface area (Å²) in [6.45, 7) is 1.15. The number of pyridine rings is 1. The van der Waals surface area contributed by atoms with Gasteiger partial charge in [-0.15, -0.1) is 0 Å². The van der Waals surface area contributed by atoms with Crippen molar-refractivity contribution in [3.05, 3.63) is 48.3 Å². The fraction of sp³-hybridized carbons (Fsp3) is 0.333. The number of amides is 1. The van der Waals surface area contributed by atoms with Crippen molar-refractivity contribution in [3.8, 4) is 6.01 Å². The lowest BCUT2D eigenvalue weighted by molar-refractivity contribution is 0.0515. The number of hydrogen-bond donors (Lipinski definition) is 0. The monoisotopic (exact) mass is 302 g/mol. The minimum atomic E-state index is -0.509. The number of piperidine rings is 1. The van der Waals surface area contributed by atoms with Gasteiger partial charge in [-0.05, 0) is 25.0 Å². The van der Waals surface area contributed by atoms with Crippen LogP contribution in [0.5, 0.6) is 6.01 Å². The van der Waals surface area contributed by atoms with Gasteiger partial charge in [0.25, 0.3) is 5.91 Å². The molecule has 0 radical (unpaired) electrons. The van der Waals surface area contributed by atoms with Gasteiger partial charge in [0.05, 0.1) is 18.9 Å². The zero-order valence-corrected chi connectivity index (χ0v) is 11.9. The summed E-state index contributed by atoms with van der Waals surface area (Å²) in [6, 6.07) is 3.51. The zero-order chi connectivity index (χ0) is 15.4. The first-order valence-electron chi connectivity index (χ1n) is 7.06. The number of carbonyl (C=O) groups is 1. The zero-order valence-electron chi connectivity index (χ0n) is 11.9. The van der Waals surface area contributed by atoms with Crippen molar-refractivity contribution >= 4 is 5.91 Å². The molecule has 0 aliphatic carbocycles. The van der Waals surface area contributed by atoms with Gasteiger partial charge >= 0.3 is 6.01 Å². The Balaban J connectivity index is 1.64. The molecule has 1 aliphatic rings. The molecule has 1 fully saturated rings. The summed E-state index contributed by atoms with van der Waals surface area (Å²) in [7, 11) is 0. The molecule has 3 rings (SSSR count). The van der Waals surface area contributed by atoms with E-state index in [0.29, 0.717) is 18.7 Å². The standard InChI is InChI=1S/C15H15FN4O2/c16-12-8-18-15(19-9-12)22-13-2-1-7-20(10-13)14(21)11-3-5-17-6-4-11/h3-6,8-9,13H,1-2,7,10H2. The molecule has 2 aromatic rings. The van der Waals surface area contributed by atoms with Crippen LogP contribution in [0.15, 0.2) is 36.9 Å². The van der Waals surface area contributed by atoms with Gasteiger partial charge in [0.2, 0.25) is 0 Å². The Morgan fingerprint density at radius 1 is 1.27 bits per heavy atom. The predicted octanol–water partition coefficient (Wildman–Crippen LogP) is 1.69. The van der Waals surface area contributed by atoms with E-state index in [0.717, 1.165) is 25.2 Å². The molecule has 114 valence electrons. The van der Waals surface area contributed by atoms with Crippen LogP contribution in [0.2, 0.25) is 0 Å². The highest BCUT2D eigenvalue weighted by atomic mass is 19.1. The summed E-state index contributed by atoms with van der Waals surface area (Å²) in [6.07, 6.45) is 6.76. The van der Waals surface area contributed by atoms with Crippen LogP contribution in [0.4, 0.5) is 4.39 Å². The molecule has 0 saturated carbocycles. The van der Waals surface area contributed by atoms with E-state index in [-0.39, 0.29) is 18.0 Å². The topological polar surface area (TPSA) is 68.2 Å². The highest BCUT2D eigenvalue weighted by molar-refractivity contribution is 5.94. The molecule has 1 amide bonds. The number of rotatable bonds is 3. The molecule has 2 aromatic heterocycles. The summed E-state index contributed by atoms with van der Waals surface area (Å²) >= 11 is 0. The van der Waals surface area contributed by atoms with Gasteiger partial charge in [-0.1, -0.05) is 0 Å². The molecule has 1 atom stereocenters. The fourth-order valence-corrected chi connectivity index (χ4v) is 2.41. The summed E-state index contributed by atoms with van der Waals surface area (Å²) in [5, 5.41) is 0. The lowest BCUT2D eigenvalue weighted by Gasteiger charge is -2.32. The van der Waals surface area contributed by atoms with Crippen LogP contribution in [0.25, 0.3) is 0 Å². The van der Waals surface area contributed by atoms with Crippen molar-refractivity contribution < 1.29 is 13.9 Å². The molecule has 0 aromatic carbocycles. The number of halogens is 1. The maximum absolute atomic E-state index is 12.8. The molecule has 0 spiro atoms. The van der Waals surface area contributed by atoms with Crippen molar-refractivity contribution in [1.29, 1.82) is 0 Å². The summed E-state index contributed by atoms with van der Waals surface area (Å²) < 4.78 is 18.4. The number of aromatic nitrogens is 3. The molecule has 7 heteroatoms. The minimum Gasteiger partial charge on any atom is -0.458 e. The Bertz CT molecular complexity index is 636. The summed E-state index contributed by atoms with van der Waals surface area (Å²) in [5.41, 5.74) is 0.605. The number of hydrogen-bond acceptors (Lipinski definition) is 5. The molecular formula is C15H15FN4O2. The third-order valence-corrected chi connectivity index (χ3v) is 3.46. The Morgan fingerprint density at radius 2 is 2.00 bits per heavy atom. The van der Waals surface area contributed by atoms with Crippen molar-refractivity contribution in [3.63, 3.8) is 0 Å². The molecule has 0 bridgehead atoms. The number of carbonyl (C=O) groups excluding carboxylic acids is 1. The Morgan fingerprint density at radius 3 is 2.73 bits per heavy atom. The largest absolute Gasteiger partial charge is 0.458 e. The average Bonchev–Trinajstić information content (AvgIpc) is 2.57. The predicted molar refractivity (Wildman–Crippen MR) is 75.8 cm³/mol. The lowest BCUT2D eigenvalue weighted by atomic mass is 10.1. The SMILES string of the molecule is O=C(c1ccncc1)N1CCCC(Oc2ncc(F)cn2)C1. The first-order valence-corrected chi connectivity index (χ1v) is 7.06. The van der Waals surface area contributed by atoms with E-state index in [9.17, 15) is 9.18 Å². The van der Waals surface area contributed by atoms with Crippen LogP contribution < -0.4 is 4.74 Å². The van der Waals surface area contributed by atoms with Crippen LogP contribution in [0.3, 0.4) is 0 Å². The van der Waals surface area contributed by atoms with Gasteiger partial charge in [0.15, 0.2) is 5.82 Å². The van der Waals surface area contributed by atoms with Gasteiger partial charge in [0, 0.05) is 24.5 Å². The summed E-state index contributed by atoms with van der Waals surface area (Å²) in [5.74, 6) is -0.554. The van der Waals surface area contributed by atoms with E-state index in [1.165, 1.54) is 0 Å². The number of nitrogens with zero attached hydrogens (tertiary/aromatic N) is 4. The second-order valence-electron chi connectivity index (χ2n) is 5.05. The fourth-order valence-electron chi connectivity index (χ4n) is 2.41. The van der Waals surface area contributed by atoms with Crippen LogP contribution in [-0.2, 0) is 0 Å². The number of likely N-dealkylation sites (tertiary alicyclic amines) is 1. The van der Waals surface area contributed by atoms with Crippen molar-refractivity contribution in [2.75, 3.05) is 13.1 Å². The molecule has 22 heavy (non-hydrogen) atoms. The molecule has 1 unspecified atom stereocenters. The van der Waals surface area contributed by atoms with Crippen molar-refractivity contribution in [2.24, 2.45) is 0 Å². The third-order valence-electron chi connectivity index (χ3n) is 3.46. The maximum Gasteiger partial charge on any atom is 0.316 e. The van der Waals surface area contributed by atoms with Crippen molar-refractivity contribution in [1.82, 2.24) is 19.9 Å². The Kier molecular flexibility index (Phi) is 4.22. The molecule has 1 aliphatic heterocycles. The maximum atomic E-state index is 12.8. The van der Waals surface area contributed by atoms with Crippen LogP contribution in [0.1, 0.15) is 23.2 Å². The Labute approximate surface area is 127 Å². The second kappa shape index (κ2) is 6.46. The minimum absolute atomic E-state index is 0.0456. The van der Waals surface area contributed by atoms with E-state index in [2.05, 4.69) is 15.0 Å². The molecule has 1 saturated heterocycles. The van der Waals surface area contributed by atoms with E-state index >= 15 is 0 Å². The average molecular weight is 302 g/mol. The van der Waals surface area contributed by atoms with E-state index in [1.807, 2.05) is 0 Å². The third kappa shape index (κ3) is 3.36. The molecule has 3 heterocycles. The lowest BCUT2D eigenvalue weighted by Crippen LogP contribution is -2.44. The van der Waals surface area contributed by atoms with Gasteiger partial charge in [0.1, 0.15) is 6.10 Å².